The summed E-state index contributed by atoms with van der Waals surface area (Å²) in [6.45, 7) is 3.79. The summed E-state index contributed by atoms with van der Waals surface area (Å²) < 4.78 is 5.92. The van der Waals surface area contributed by atoms with Crippen molar-refractivity contribution in [2.24, 2.45) is 0 Å². The summed E-state index contributed by atoms with van der Waals surface area (Å²) in [6.07, 6.45) is 4.29. The predicted molar refractivity (Wildman–Crippen MR) is 113 cm³/mol. The zero-order valence-corrected chi connectivity index (χ0v) is 16.5. The summed E-state index contributed by atoms with van der Waals surface area (Å²) in [5, 5.41) is 3.99. The van der Waals surface area contributed by atoms with E-state index in [2.05, 4.69) is 10.3 Å². The van der Waals surface area contributed by atoms with Gasteiger partial charge in [0.2, 0.25) is 0 Å². The van der Waals surface area contributed by atoms with Crippen LogP contribution in [-0.2, 0) is 9.59 Å². The number of aromatic nitrogens is 1. The van der Waals surface area contributed by atoms with Crippen LogP contribution in [0.25, 0.3) is 16.8 Å². The second-order valence-corrected chi connectivity index (χ2v) is 7.03. The molecule has 3 aromatic rings. The number of carbonyl (C=O) groups excluding carboxylic acids is 3. The first-order valence-corrected chi connectivity index (χ1v) is 9.45. The fourth-order valence-corrected chi connectivity index (χ4v) is 3.30. The van der Waals surface area contributed by atoms with Gasteiger partial charge in [-0.05, 0) is 48.9 Å². The lowest BCUT2D eigenvalue weighted by Gasteiger charge is -2.26. The molecule has 1 fully saturated rings. The molecule has 0 bridgehead atoms. The lowest BCUT2D eigenvalue weighted by atomic mass is 9.99. The normalized spacial score (nSPS) is 15.8. The molecule has 150 valence electrons. The van der Waals surface area contributed by atoms with Crippen LogP contribution in [0.15, 0.2) is 66.5 Å². The van der Waals surface area contributed by atoms with Gasteiger partial charge in [0.25, 0.3) is 11.8 Å². The molecule has 1 aliphatic heterocycles. The molecule has 0 saturated carbocycles. The minimum atomic E-state index is -0.813. The van der Waals surface area contributed by atoms with Gasteiger partial charge in [0.15, 0.2) is 0 Å². The van der Waals surface area contributed by atoms with Crippen molar-refractivity contribution in [3.8, 4) is 5.75 Å². The second kappa shape index (κ2) is 7.79. The molecule has 7 nitrogen and oxygen atoms in total. The van der Waals surface area contributed by atoms with Crippen molar-refractivity contribution in [2.45, 2.75) is 20.0 Å². The zero-order valence-electron chi connectivity index (χ0n) is 16.5. The topological polar surface area (TPSA) is 88.6 Å². The number of urea groups is 1. The maximum atomic E-state index is 13.1. The molecule has 4 amide bonds. The summed E-state index contributed by atoms with van der Waals surface area (Å²) >= 11 is 0. The van der Waals surface area contributed by atoms with Gasteiger partial charge in [-0.25, -0.2) is 9.69 Å². The smallest absolute Gasteiger partial charge is 0.336 e. The number of amides is 4. The first kappa shape index (κ1) is 19.3. The monoisotopic (exact) mass is 401 g/mol. The van der Waals surface area contributed by atoms with Crippen molar-refractivity contribution >= 4 is 40.4 Å². The minimum Gasteiger partial charge on any atom is -0.490 e. The van der Waals surface area contributed by atoms with E-state index in [1.165, 1.54) is 18.5 Å². The largest absolute Gasteiger partial charge is 0.490 e. The highest BCUT2D eigenvalue weighted by Gasteiger charge is 2.37. The van der Waals surface area contributed by atoms with Crippen LogP contribution < -0.4 is 15.0 Å². The number of imide groups is 2. The maximum absolute atomic E-state index is 13.1. The molecule has 1 N–H and O–H groups in total. The molecule has 7 heteroatoms. The Morgan fingerprint density at radius 1 is 1.03 bits per heavy atom. The minimum absolute atomic E-state index is 0.104. The van der Waals surface area contributed by atoms with Crippen molar-refractivity contribution < 1.29 is 19.1 Å². The summed E-state index contributed by atoms with van der Waals surface area (Å²) in [5.41, 5.74) is 0.708. The lowest BCUT2D eigenvalue weighted by Crippen LogP contribution is -2.54. The number of fused-ring (bicyclic) bond motifs is 1. The van der Waals surface area contributed by atoms with E-state index < -0.39 is 17.8 Å². The standard InChI is InChI=1S/C23H19N3O4/c1-14(2)30-20-10-9-15-6-3-4-8-17(15)18(20)12-19-21(27)25-23(29)26(22(19)28)16-7-5-11-24-13-16/h3-14H,1-2H3,(H,25,27,29)/b19-12+. The molecule has 0 aliphatic carbocycles. The van der Waals surface area contributed by atoms with Gasteiger partial charge in [-0.3, -0.25) is 19.9 Å². The van der Waals surface area contributed by atoms with Crippen molar-refractivity contribution in [1.82, 2.24) is 10.3 Å². The Balaban J connectivity index is 1.87. The van der Waals surface area contributed by atoms with Gasteiger partial charge >= 0.3 is 6.03 Å². The number of hydrogen-bond donors (Lipinski definition) is 1. The van der Waals surface area contributed by atoms with E-state index in [0.717, 1.165) is 15.7 Å². The molecule has 30 heavy (non-hydrogen) atoms. The van der Waals surface area contributed by atoms with Crippen LogP contribution in [0.4, 0.5) is 10.5 Å². The van der Waals surface area contributed by atoms with Crippen LogP contribution in [0.3, 0.4) is 0 Å². The molecule has 2 heterocycles. The van der Waals surface area contributed by atoms with Crippen LogP contribution in [0, 0.1) is 0 Å². The Kier molecular flexibility index (Phi) is 5.02. The number of rotatable bonds is 4. The fraction of sp³-hybridized carbons (Fsp3) is 0.130. The number of nitrogens with one attached hydrogen (secondary N) is 1. The van der Waals surface area contributed by atoms with Gasteiger partial charge in [-0.2, -0.15) is 0 Å². The summed E-state index contributed by atoms with van der Waals surface area (Å²) in [4.78, 5) is 42.9. The Hall–Kier alpha value is -4.00. The van der Waals surface area contributed by atoms with E-state index in [1.54, 1.807) is 12.1 Å². The van der Waals surface area contributed by atoms with E-state index in [-0.39, 0.29) is 17.4 Å². The second-order valence-electron chi connectivity index (χ2n) is 7.03. The van der Waals surface area contributed by atoms with Gasteiger partial charge < -0.3 is 4.74 Å². The summed E-state index contributed by atoms with van der Waals surface area (Å²) in [7, 11) is 0. The van der Waals surface area contributed by atoms with E-state index in [0.29, 0.717) is 11.3 Å². The average molecular weight is 401 g/mol. The van der Waals surface area contributed by atoms with E-state index in [9.17, 15) is 14.4 Å². The summed E-state index contributed by atoms with van der Waals surface area (Å²) in [6, 6.07) is 13.7. The number of benzene rings is 2. The third-order valence-corrected chi connectivity index (χ3v) is 4.59. The zero-order chi connectivity index (χ0) is 21.3. The Bertz CT molecular complexity index is 1190. The molecule has 0 unspecified atom stereocenters. The Labute approximate surface area is 173 Å². The number of anilines is 1. The molecular formula is C23H19N3O4. The van der Waals surface area contributed by atoms with Crippen molar-refractivity contribution in [2.75, 3.05) is 4.90 Å². The van der Waals surface area contributed by atoms with Crippen molar-refractivity contribution in [3.63, 3.8) is 0 Å². The Morgan fingerprint density at radius 3 is 2.57 bits per heavy atom. The SMILES string of the molecule is CC(C)Oc1ccc2ccccc2c1/C=C1\C(=O)NC(=O)N(c2cccnc2)C1=O. The van der Waals surface area contributed by atoms with Crippen LogP contribution >= 0.6 is 0 Å². The van der Waals surface area contributed by atoms with Gasteiger partial charge in [-0.1, -0.05) is 30.3 Å². The number of barbiturate groups is 1. The van der Waals surface area contributed by atoms with Crippen LogP contribution in [0.1, 0.15) is 19.4 Å². The molecule has 1 aliphatic rings. The first-order chi connectivity index (χ1) is 14.5. The van der Waals surface area contributed by atoms with Crippen LogP contribution in [0.2, 0.25) is 0 Å². The fourth-order valence-electron chi connectivity index (χ4n) is 3.30. The molecule has 1 saturated heterocycles. The highest BCUT2D eigenvalue weighted by molar-refractivity contribution is 6.39. The molecule has 0 radical (unpaired) electrons. The third kappa shape index (κ3) is 3.53. The van der Waals surface area contributed by atoms with Crippen LogP contribution in [0.5, 0.6) is 5.75 Å². The number of ether oxygens (including phenoxy) is 1. The molecule has 1 aromatic heterocycles. The highest BCUT2D eigenvalue weighted by atomic mass is 16.5. The van der Waals surface area contributed by atoms with Gasteiger partial charge in [0.05, 0.1) is 18.0 Å². The maximum Gasteiger partial charge on any atom is 0.336 e. The van der Waals surface area contributed by atoms with E-state index >= 15 is 0 Å². The predicted octanol–water partition coefficient (Wildman–Crippen LogP) is 3.69. The molecule has 4 rings (SSSR count). The van der Waals surface area contributed by atoms with Crippen LogP contribution in [-0.4, -0.2) is 28.9 Å². The quantitative estimate of drug-likeness (QED) is 0.532. The number of hydrogen-bond acceptors (Lipinski definition) is 5. The number of pyridine rings is 1. The van der Waals surface area contributed by atoms with Gasteiger partial charge in [-0.15, -0.1) is 0 Å². The van der Waals surface area contributed by atoms with Crippen molar-refractivity contribution in [1.29, 1.82) is 0 Å². The number of nitrogens with zero attached hydrogens (tertiary/aromatic N) is 2. The third-order valence-electron chi connectivity index (χ3n) is 4.59. The van der Waals surface area contributed by atoms with Gasteiger partial charge in [0.1, 0.15) is 11.3 Å². The van der Waals surface area contributed by atoms with E-state index in [1.807, 2.05) is 50.2 Å². The molecule has 0 atom stereocenters. The van der Waals surface area contributed by atoms with E-state index in [4.69, 9.17) is 4.74 Å². The highest BCUT2D eigenvalue weighted by Crippen LogP contribution is 2.32. The summed E-state index contributed by atoms with van der Waals surface area (Å²) in [5.74, 6) is -0.935. The molecular weight excluding hydrogens is 382 g/mol. The molecule has 2 aromatic carbocycles. The number of carbonyl (C=O) groups is 3. The van der Waals surface area contributed by atoms with Gasteiger partial charge in [0, 0.05) is 11.8 Å². The average Bonchev–Trinajstić information content (AvgIpc) is 2.72. The lowest BCUT2D eigenvalue weighted by molar-refractivity contribution is -0.122. The van der Waals surface area contributed by atoms with Crippen molar-refractivity contribution in [3.05, 3.63) is 72.1 Å². The molecule has 0 spiro atoms. The Morgan fingerprint density at radius 2 is 1.83 bits per heavy atom. The first-order valence-electron chi connectivity index (χ1n) is 9.45.